The quantitative estimate of drug-likeness (QED) is 0.881. The number of aryl methyl sites for hydroxylation is 2. The Morgan fingerprint density at radius 2 is 2.16 bits per heavy atom. The summed E-state index contributed by atoms with van der Waals surface area (Å²) in [4.78, 5) is 14.5. The minimum absolute atomic E-state index is 0.104. The van der Waals surface area contributed by atoms with Crippen molar-refractivity contribution < 1.29 is 4.79 Å². The molecule has 1 aromatic carbocycles. The Morgan fingerprint density at radius 1 is 1.37 bits per heavy atom. The molecule has 102 valence electrons. The molecule has 1 aromatic rings. The molecule has 1 fully saturated rings. The van der Waals surface area contributed by atoms with Gasteiger partial charge in [-0.25, -0.2) is 0 Å². The number of carbonyl (C=O) groups excluding carboxylic acids is 1. The highest BCUT2D eigenvalue weighted by Crippen LogP contribution is 2.30. The summed E-state index contributed by atoms with van der Waals surface area (Å²) in [7, 11) is 0. The van der Waals surface area contributed by atoms with Crippen molar-refractivity contribution in [2.45, 2.75) is 32.6 Å². The Morgan fingerprint density at radius 3 is 2.89 bits per heavy atom. The van der Waals surface area contributed by atoms with Crippen molar-refractivity contribution in [3.05, 3.63) is 34.9 Å². The number of hydrogen-bond donors (Lipinski definition) is 1. The number of likely N-dealkylation sites (tertiary alicyclic amines) is 1. The van der Waals surface area contributed by atoms with E-state index in [9.17, 15) is 4.79 Å². The second-order valence-electron chi connectivity index (χ2n) is 6.33. The van der Waals surface area contributed by atoms with Crippen LogP contribution in [0.4, 0.5) is 0 Å². The standard InChI is InChI=1S/C16H22N2O/c1-16(10-17)7-8-18(11-16)15(19)14-6-5-12-3-2-4-13(12)9-14/h5-6,9H,2-4,7-8,10-11,17H2,1H3. The van der Waals surface area contributed by atoms with E-state index in [2.05, 4.69) is 19.1 Å². The van der Waals surface area contributed by atoms with Crippen LogP contribution in [0.3, 0.4) is 0 Å². The fourth-order valence-corrected chi connectivity index (χ4v) is 3.25. The van der Waals surface area contributed by atoms with E-state index in [0.717, 1.165) is 31.5 Å². The maximum Gasteiger partial charge on any atom is 0.253 e. The van der Waals surface area contributed by atoms with Gasteiger partial charge in [0.05, 0.1) is 0 Å². The molecule has 19 heavy (non-hydrogen) atoms. The van der Waals surface area contributed by atoms with Gasteiger partial charge in [-0.05, 0) is 60.9 Å². The van der Waals surface area contributed by atoms with Crippen LogP contribution in [-0.4, -0.2) is 30.4 Å². The van der Waals surface area contributed by atoms with Crippen LogP contribution in [0, 0.1) is 5.41 Å². The lowest BCUT2D eigenvalue weighted by atomic mass is 9.90. The number of fused-ring (bicyclic) bond motifs is 1. The van der Waals surface area contributed by atoms with Gasteiger partial charge in [-0.1, -0.05) is 13.0 Å². The molecule has 1 unspecified atom stereocenters. The van der Waals surface area contributed by atoms with Crippen molar-refractivity contribution in [3.8, 4) is 0 Å². The third kappa shape index (κ3) is 2.27. The molecule has 0 aromatic heterocycles. The Hall–Kier alpha value is -1.35. The summed E-state index contributed by atoms with van der Waals surface area (Å²) in [5, 5.41) is 0. The Kier molecular flexibility index (Phi) is 3.09. The second-order valence-corrected chi connectivity index (χ2v) is 6.33. The maximum absolute atomic E-state index is 12.5. The smallest absolute Gasteiger partial charge is 0.253 e. The van der Waals surface area contributed by atoms with Gasteiger partial charge in [-0.15, -0.1) is 0 Å². The average molecular weight is 258 g/mol. The topological polar surface area (TPSA) is 46.3 Å². The average Bonchev–Trinajstić information content (AvgIpc) is 3.04. The first-order chi connectivity index (χ1) is 9.11. The Bertz CT molecular complexity index is 511. The fraction of sp³-hybridized carbons (Fsp3) is 0.562. The molecule has 1 heterocycles. The molecule has 1 saturated heterocycles. The van der Waals surface area contributed by atoms with Crippen LogP contribution in [0.5, 0.6) is 0 Å². The molecule has 3 rings (SSSR count). The molecule has 0 saturated carbocycles. The van der Waals surface area contributed by atoms with Gasteiger partial charge < -0.3 is 10.6 Å². The van der Waals surface area contributed by atoms with Crippen LogP contribution >= 0.6 is 0 Å². The van der Waals surface area contributed by atoms with Crippen molar-refractivity contribution in [2.75, 3.05) is 19.6 Å². The summed E-state index contributed by atoms with van der Waals surface area (Å²) in [5.74, 6) is 0.173. The van der Waals surface area contributed by atoms with Gasteiger partial charge in [0.25, 0.3) is 5.91 Å². The first kappa shape index (κ1) is 12.7. The predicted molar refractivity (Wildman–Crippen MR) is 76.1 cm³/mol. The zero-order valence-electron chi connectivity index (χ0n) is 11.6. The van der Waals surface area contributed by atoms with E-state index in [4.69, 9.17) is 5.73 Å². The second kappa shape index (κ2) is 4.64. The summed E-state index contributed by atoms with van der Waals surface area (Å²) in [5.41, 5.74) is 9.55. The molecule has 0 spiro atoms. The van der Waals surface area contributed by atoms with Gasteiger partial charge in [-0.2, -0.15) is 0 Å². The molecule has 2 N–H and O–H groups in total. The highest BCUT2D eigenvalue weighted by atomic mass is 16.2. The SMILES string of the molecule is CC1(CN)CCN(C(=O)c2ccc3c(c2)CCC3)C1. The van der Waals surface area contributed by atoms with E-state index >= 15 is 0 Å². The first-order valence-corrected chi connectivity index (χ1v) is 7.22. The summed E-state index contributed by atoms with van der Waals surface area (Å²) in [6, 6.07) is 6.22. The van der Waals surface area contributed by atoms with E-state index in [0.29, 0.717) is 6.54 Å². The third-order valence-electron chi connectivity index (χ3n) is 4.68. The molecule has 2 aliphatic rings. The number of carbonyl (C=O) groups is 1. The van der Waals surface area contributed by atoms with E-state index in [-0.39, 0.29) is 11.3 Å². The largest absolute Gasteiger partial charge is 0.338 e. The van der Waals surface area contributed by atoms with Crippen molar-refractivity contribution in [1.29, 1.82) is 0 Å². The van der Waals surface area contributed by atoms with Crippen LogP contribution in [0.2, 0.25) is 0 Å². The van der Waals surface area contributed by atoms with Crippen LogP contribution in [-0.2, 0) is 12.8 Å². The third-order valence-corrected chi connectivity index (χ3v) is 4.68. The minimum atomic E-state index is 0.104. The number of benzene rings is 1. The molecule has 3 nitrogen and oxygen atoms in total. The summed E-state index contributed by atoms with van der Waals surface area (Å²) in [6.45, 7) is 4.45. The number of rotatable bonds is 2. The normalized spacial score (nSPS) is 25.7. The lowest BCUT2D eigenvalue weighted by molar-refractivity contribution is 0.0777. The van der Waals surface area contributed by atoms with Gasteiger partial charge >= 0.3 is 0 Å². The Labute approximate surface area is 114 Å². The fourth-order valence-electron chi connectivity index (χ4n) is 3.25. The van der Waals surface area contributed by atoms with Crippen LogP contribution in [0.1, 0.15) is 41.3 Å². The monoisotopic (exact) mass is 258 g/mol. The van der Waals surface area contributed by atoms with E-state index < -0.39 is 0 Å². The number of amides is 1. The molecule has 1 aliphatic carbocycles. The van der Waals surface area contributed by atoms with Crippen LogP contribution < -0.4 is 5.73 Å². The lowest BCUT2D eigenvalue weighted by Crippen LogP contribution is -2.34. The molecule has 0 bridgehead atoms. The highest BCUT2D eigenvalue weighted by molar-refractivity contribution is 5.94. The van der Waals surface area contributed by atoms with Gasteiger partial charge in [0.1, 0.15) is 0 Å². The van der Waals surface area contributed by atoms with Gasteiger partial charge in [0, 0.05) is 18.7 Å². The van der Waals surface area contributed by atoms with Crippen LogP contribution in [0.25, 0.3) is 0 Å². The van der Waals surface area contributed by atoms with Crippen LogP contribution in [0.15, 0.2) is 18.2 Å². The van der Waals surface area contributed by atoms with Gasteiger partial charge in [-0.3, -0.25) is 4.79 Å². The lowest BCUT2D eigenvalue weighted by Gasteiger charge is -2.22. The number of nitrogens with zero attached hydrogens (tertiary/aromatic N) is 1. The number of hydrogen-bond acceptors (Lipinski definition) is 2. The molecular formula is C16H22N2O. The van der Waals surface area contributed by atoms with Gasteiger partial charge in [0.15, 0.2) is 0 Å². The van der Waals surface area contributed by atoms with E-state index in [1.807, 2.05) is 11.0 Å². The zero-order chi connectivity index (χ0) is 13.5. The van der Waals surface area contributed by atoms with Crippen molar-refractivity contribution in [3.63, 3.8) is 0 Å². The molecule has 1 amide bonds. The van der Waals surface area contributed by atoms with E-state index in [1.54, 1.807) is 0 Å². The van der Waals surface area contributed by atoms with Crippen molar-refractivity contribution in [1.82, 2.24) is 4.90 Å². The molecular weight excluding hydrogens is 236 g/mol. The molecule has 0 radical (unpaired) electrons. The van der Waals surface area contributed by atoms with Crippen molar-refractivity contribution >= 4 is 5.91 Å². The molecule has 1 aliphatic heterocycles. The molecule has 3 heteroatoms. The minimum Gasteiger partial charge on any atom is -0.338 e. The predicted octanol–water partition coefficient (Wildman–Crippen LogP) is 1.99. The number of nitrogens with two attached hydrogens (primary N) is 1. The van der Waals surface area contributed by atoms with Crippen molar-refractivity contribution in [2.24, 2.45) is 11.1 Å². The summed E-state index contributed by atoms with van der Waals surface area (Å²) >= 11 is 0. The zero-order valence-corrected chi connectivity index (χ0v) is 11.6. The first-order valence-electron chi connectivity index (χ1n) is 7.22. The highest BCUT2D eigenvalue weighted by Gasteiger charge is 2.35. The molecule has 1 atom stereocenters. The maximum atomic E-state index is 12.5. The van der Waals surface area contributed by atoms with E-state index in [1.165, 1.54) is 24.0 Å². The van der Waals surface area contributed by atoms with Gasteiger partial charge in [0.2, 0.25) is 0 Å². The Balaban J connectivity index is 1.78. The summed E-state index contributed by atoms with van der Waals surface area (Å²) in [6.07, 6.45) is 4.53. The summed E-state index contributed by atoms with van der Waals surface area (Å²) < 4.78 is 0.